The highest BCUT2D eigenvalue weighted by Gasteiger charge is 2.29. The number of ether oxygens (including phenoxy) is 1. The highest BCUT2D eigenvalue weighted by atomic mass is 16.5. The monoisotopic (exact) mass is 112 g/mol. The lowest BCUT2D eigenvalue weighted by molar-refractivity contribution is -0.142. The standard InChI is InChI=1S/C6H8O2/c1-6(2)3-4-8-5(6)7/h3-4H,1-2H3. The Labute approximate surface area is 48.1 Å². The van der Waals surface area contributed by atoms with Crippen molar-refractivity contribution in [2.24, 2.45) is 5.41 Å². The molecule has 0 fully saturated rings. The fraction of sp³-hybridized carbons (Fsp3) is 0.500. The van der Waals surface area contributed by atoms with Crippen molar-refractivity contribution in [3.05, 3.63) is 12.3 Å². The van der Waals surface area contributed by atoms with E-state index >= 15 is 0 Å². The number of cyclic esters (lactones) is 1. The van der Waals surface area contributed by atoms with Crippen molar-refractivity contribution < 1.29 is 9.53 Å². The molecule has 0 radical (unpaired) electrons. The Kier molecular flexibility index (Phi) is 0.897. The summed E-state index contributed by atoms with van der Waals surface area (Å²) in [6, 6.07) is 0. The van der Waals surface area contributed by atoms with E-state index in [-0.39, 0.29) is 11.4 Å². The Morgan fingerprint density at radius 3 is 2.38 bits per heavy atom. The molecule has 0 aromatic heterocycles. The van der Waals surface area contributed by atoms with Gasteiger partial charge in [-0.15, -0.1) is 0 Å². The molecule has 1 aliphatic heterocycles. The van der Waals surface area contributed by atoms with Gasteiger partial charge in [0.15, 0.2) is 0 Å². The quantitative estimate of drug-likeness (QED) is 0.438. The summed E-state index contributed by atoms with van der Waals surface area (Å²) in [6.45, 7) is 3.64. The van der Waals surface area contributed by atoms with Crippen molar-refractivity contribution >= 4 is 5.97 Å². The molecule has 1 aliphatic rings. The molecule has 0 saturated carbocycles. The van der Waals surface area contributed by atoms with Crippen LogP contribution in [0.25, 0.3) is 0 Å². The predicted octanol–water partition coefficient (Wildman–Crippen LogP) is 1.08. The molecular formula is C6H8O2. The molecule has 1 rings (SSSR count). The number of esters is 1. The van der Waals surface area contributed by atoms with Gasteiger partial charge in [0.25, 0.3) is 0 Å². The summed E-state index contributed by atoms with van der Waals surface area (Å²) >= 11 is 0. The molecule has 0 N–H and O–H groups in total. The van der Waals surface area contributed by atoms with Crippen LogP contribution in [0.2, 0.25) is 0 Å². The molecule has 0 bridgehead atoms. The molecule has 1 heterocycles. The number of carbonyl (C=O) groups excluding carboxylic acids is 1. The van der Waals surface area contributed by atoms with Gasteiger partial charge in [0.05, 0.1) is 11.7 Å². The van der Waals surface area contributed by atoms with Crippen LogP contribution in [0.15, 0.2) is 12.3 Å². The van der Waals surface area contributed by atoms with E-state index in [2.05, 4.69) is 4.74 Å². The lowest BCUT2D eigenvalue weighted by Crippen LogP contribution is -2.16. The van der Waals surface area contributed by atoms with Crippen LogP contribution in [0.4, 0.5) is 0 Å². The number of hydrogen-bond donors (Lipinski definition) is 0. The van der Waals surface area contributed by atoms with E-state index in [0.717, 1.165) is 0 Å². The van der Waals surface area contributed by atoms with Gasteiger partial charge in [0.2, 0.25) is 0 Å². The van der Waals surface area contributed by atoms with Gasteiger partial charge in [-0.3, -0.25) is 4.79 Å². The van der Waals surface area contributed by atoms with Crippen LogP contribution in [-0.2, 0) is 9.53 Å². The fourth-order valence-electron chi connectivity index (χ4n) is 0.486. The van der Waals surface area contributed by atoms with Gasteiger partial charge in [0.1, 0.15) is 0 Å². The van der Waals surface area contributed by atoms with Crippen molar-refractivity contribution in [1.29, 1.82) is 0 Å². The second-order valence-electron chi connectivity index (χ2n) is 2.43. The predicted molar refractivity (Wildman–Crippen MR) is 29.0 cm³/mol. The Balaban J connectivity index is 2.82. The van der Waals surface area contributed by atoms with Gasteiger partial charge in [-0.1, -0.05) is 0 Å². The zero-order chi connectivity index (χ0) is 6.20. The number of rotatable bonds is 0. The van der Waals surface area contributed by atoms with Crippen molar-refractivity contribution in [3.8, 4) is 0 Å². The van der Waals surface area contributed by atoms with Crippen molar-refractivity contribution in [2.75, 3.05) is 0 Å². The van der Waals surface area contributed by atoms with E-state index in [4.69, 9.17) is 0 Å². The van der Waals surface area contributed by atoms with Gasteiger partial charge in [0, 0.05) is 0 Å². The maximum absolute atomic E-state index is 10.6. The molecule has 8 heavy (non-hydrogen) atoms. The summed E-state index contributed by atoms with van der Waals surface area (Å²) in [5.74, 6) is -0.169. The van der Waals surface area contributed by atoms with Crippen LogP contribution >= 0.6 is 0 Å². The highest BCUT2D eigenvalue weighted by Crippen LogP contribution is 2.23. The Bertz CT molecular complexity index is 145. The van der Waals surface area contributed by atoms with Gasteiger partial charge in [-0.25, -0.2) is 0 Å². The summed E-state index contributed by atoms with van der Waals surface area (Å²) in [7, 11) is 0. The molecule has 0 aliphatic carbocycles. The van der Waals surface area contributed by atoms with Gasteiger partial charge in [-0.2, -0.15) is 0 Å². The van der Waals surface area contributed by atoms with Crippen molar-refractivity contribution in [2.45, 2.75) is 13.8 Å². The molecule has 0 amide bonds. The molecule has 44 valence electrons. The third-order valence-corrected chi connectivity index (χ3v) is 1.19. The first-order chi connectivity index (χ1) is 3.63. The molecule has 0 spiro atoms. The van der Waals surface area contributed by atoms with E-state index < -0.39 is 0 Å². The average molecular weight is 112 g/mol. The lowest BCUT2D eigenvalue weighted by Gasteiger charge is -2.07. The normalized spacial score (nSPS) is 23.5. The van der Waals surface area contributed by atoms with Crippen molar-refractivity contribution in [3.63, 3.8) is 0 Å². The smallest absolute Gasteiger partial charge is 0.320 e. The van der Waals surface area contributed by atoms with Crippen molar-refractivity contribution in [1.82, 2.24) is 0 Å². The minimum absolute atomic E-state index is 0.169. The van der Waals surface area contributed by atoms with E-state index in [1.54, 1.807) is 6.08 Å². The average Bonchev–Trinajstić information content (AvgIpc) is 1.86. The van der Waals surface area contributed by atoms with E-state index in [0.29, 0.717) is 0 Å². The van der Waals surface area contributed by atoms with Gasteiger partial charge >= 0.3 is 5.97 Å². The first-order valence-corrected chi connectivity index (χ1v) is 2.52. The van der Waals surface area contributed by atoms with Crippen LogP contribution in [0.5, 0.6) is 0 Å². The zero-order valence-corrected chi connectivity index (χ0v) is 4.97. The lowest BCUT2D eigenvalue weighted by atomic mass is 9.96. The summed E-state index contributed by atoms with van der Waals surface area (Å²) in [4.78, 5) is 10.6. The maximum Gasteiger partial charge on any atom is 0.320 e. The first-order valence-electron chi connectivity index (χ1n) is 2.52. The Hall–Kier alpha value is -0.790. The maximum atomic E-state index is 10.6. The summed E-state index contributed by atoms with van der Waals surface area (Å²) < 4.78 is 4.55. The number of carbonyl (C=O) groups is 1. The molecule has 0 aromatic carbocycles. The molecule has 0 aromatic rings. The fourth-order valence-corrected chi connectivity index (χ4v) is 0.486. The summed E-state index contributed by atoms with van der Waals surface area (Å²) in [5, 5.41) is 0. The Morgan fingerprint density at radius 1 is 1.62 bits per heavy atom. The zero-order valence-electron chi connectivity index (χ0n) is 4.97. The molecule has 0 unspecified atom stereocenters. The van der Waals surface area contributed by atoms with E-state index in [9.17, 15) is 4.79 Å². The second-order valence-corrected chi connectivity index (χ2v) is 2.43. The summed E-state index contributed by atoms with van der Waals surface area (Å²) in [6.07, 6.45) is 3.18. The van der Waals surface area contributed by atoms with Crippen LogP contribution in [0.3, 0.4) is 0 Å². The molecule has 2 nitrogen and oxygen atoms in total. The first kappa shape index (κ1) is 5.35. The van der Waals surface area contributed by atoms with E-state index in [1.807, 2.05) is 13.8 Å². The summed E-state index contributed by atoms with van der Waals surface area (Å²) in [5.41, 5.74) is -0.389. The van der Waals surface area contributed by atoms with Crippen LogP contribution in [0, 0.1) is 5.41 Å². The largest absolute Gasteiger partial charge is 0.434 e. The van der Waals surface area contributed by atoms with Crippen LogP contribution in [-0.4, -0.2) is 5.97 Å². The van der Waals surface area contributed by atoms with Crippen LogP contribution in [0.1, 0.15) is 13.8 Å². The number of hydrogen-bond acceptors (Lipinski definition) is 2. The molecule has 2 heteroatoms. The van der Waals surface area contributed by atoms with E-state index in [1.165, 1.54) is 6.26 Å². The molecular weight excluding hydrogens is 104 g/mol. The second kappa shape index (κ2) is 1.34. The third kappa shape index (κ3) is 0.619. The third-order valence-electron chi connectivity index (χ3n) is 1.19. The molecule has 0 saturated heterocycles. The highest BCUT2D eigenvalue weighted by molar-refractivity contribution is 5.80. The Morgan fingerprint density at radius 2 is 2.25 bits per heavy atom. The minimum atomic E-state index is -0.389. The topological polar surface area (TPSA) is 26.3 Å². The SMILES string of the molecule is CC1(C)C=COC1=O. The molecule has 0 atom stereocenters. The minimum Gasteiger partial charge on any atom is -0.434 e. The van der Waals surface area contributed by atoms with Gasteiger partial charge in [-0.05, 0) is 19.9 Å². The van der Waals surface area contributed by atoms with Gasteiger partial charge < -0.3 is 4.74 Å². The van der Waals surface area contributed by atoms with Crippen LogP contribution < -0.4 is 0 Å².